The molecule has 1 aromatic rings. The molecule has 15 heavy (non-hydrogen) atoms. The van der Waals surface area contributed by atoms with Gasteiger partial charge in [-0.05, 0) is 36.9 Å². The molecule has 0 bridgehead atoms. The molecule has 0 aromatic heterocycles. The Balaban J connectivity index is 2.28. The van der Waals surface area contributed by atoms with E-state index < -0.39 is 0 Å². The molecule has 0 saturated heterocycles. The van der Waals surface area contributed by atoms with E-state index in [0.29, 0.717) is 13.0 Å². The summed E-state index contributed by atoms with van der Waals surface area (Å²) in [7, 11) is 0. The lowest BCUT2D eigenvalue weighted by atomic mass is 10.3. The first-order valence-electron chi connectivity index (χ1n) is 4.82. The number of rotatable bonds is 6. The summed E-state index contributed by atoms with van der Waals surface area (Å²) in [4.78, 5) is 1.23. The van der Waals surface area contributed by atoms with Crippen molar-refractivity contribution in [2.75, 3.05) is 12.9 Å². The van der Waals surface area contributed by atoms with Gasteiger partial charge in [-0.15, -0.1) is 11.8 Å². The quantitative estimate of drug-likeness (QED) is 0.338. The summed E-state index contributed by atoms with van der Waals surface area (Å²) >= 11 is 1.71. The van der Waals surface area contributed by atoms with Crippen LogP contribution in [-0.2, 0) is 0 Å². The zero-order chi connectivity index (χ0) is 11.1. The minimum Gasteiger partial charge on any atom is -0.494 e. The number of hydrogen-bond donors (Lipinski definition) is 2. The molecule has 4 heteroatoms. The van der Waals surface area contributed by atoms with E-state index in [-0.39, 0.29) is 5.84 Å². The second kappa shape index (κ2) is 6.35. The highest BCUT2D eigenvalue weighted by Crippen LogP contribution is 2.18. The van der Waals surface area contributed by atoms with E-state index in [2.05, 4.69) is 0 Å². The Morgan fingerprint density at radius 1 is 1.40 bits per heavy atom. The van der Waals surface area contributed by atoms with Crippen LogP contribution in [-0.4, -0.2) is 18.7 Å². The molecule has 0 amide bonds. The van der Waals surface area contributed by atoms with E-state index in [0.717, 1.165) is 12.2 Å². The van der Waals surface area contributed by atoms with Crippen LogP contribution in [0.1, 0.15) is 12.8 Å². The smallest absolute Gasteiger partial charge is 0.119 e. The Bertz CT molecular complexity index is 311. The van der Waals surface area contributed by atoms with Crippen LogP contribution in [0.4, 0.5) is 0 Å². The molecule has 0 fully saturated rings. The van der Waals surface area contributed by atoms with E-state index in [1.165, 1.54) is 4.90 Å². The van der Waals surface area contributed by atoms with E-state index in [4.69, 9.17) is 15.9 Å². The third-order valence-electron chi connectivity index (χ3n) is 1.92. The molecule has 0 aliphatic heterocycles. The highest BCUT2D eigenvalue weighted by Gasteiger charge is 1.95. The van der Waals surface area contributed by atoms with Crippen LogP contribution in [0.5, 0.6) is 5.75 Å². The number of thioether (sulfide) groups is 1. The number of ether oxygens (including phenoxy) is 1. The number of nitrogens with two attached hydrogens (primary N) is 1. The maximum Gasteiger partial charge on any atom is 0.119 e. The van der Waals surface area contributed by atoms with Crippen LogP contribution >= 0.6 is 11.8 Å². The first-order valence-corrected chi connectivity index (χ1v) is 6.04. The molecule has 0 spiro atoms. The first kappa shape index (κ1) is 11.9. The van der Waals surface area contributed by atoms with Crippen molar-refractivity contribution in [3.05, 3.63) is 24.3 Å². The second-order valence-electron chi connectivity index (χ2n) is 3.15. The summed E-state index contributed by atoms with van der Waals surface area (Å²) in [5.74, 6) is 1.09. The van der Waals surface area contributed by atoms with E-state index in [1.54, 1.807) is 11.8 Å². The molecule has 1 aromatic carbocycles. The third kappa shape index (κ3) is 4.74. The predicted octanol–water partition coefficient (Wildman–Crippen LogP) is 2.50. The van der Waals surface area contributed by atoms with Crippen molar-refractivity contribution in [1.29, 1.82) is 5.41 Å². The number of benzene rings is 1. The van der Waals surface area contributed by atoms with Crippen LogP contribution in [0, 0.1) is 5.41 Å². The maximum atomic E-state index is 7.05. The van der Waals surface area contributed by atoms with Gasteiger partial charge >= 0.3 is 0 Å². The van der Waals surface area contributed by atoms with Gasteiger partial charge in [0.25, 0.3) is 0 Å². The van der Waals surface area contributed by atoms with E-state index in [1.807, 2.05) is 30.5 Å². The fourth-order valence-electron chi connectivity index (χ4n) is 1.12. The Morgan fingerprint density at radius 3 is 2.60 bits per heavy atom. The summed E-state index contributed by atoms with van der Waals surface area (Å²) in [5, 5.41) is 7.05. The Hall–Kier alpha value is -1.16. The van der Waals surface area contributed by atoms with Gasteiger partial charge in [-0.25, -0.2) is 0 Å². The Labute approximate surface area is 94.5 Å². The average Bonchev–Trinajstić information content (AvgIpc) is 2.25. The van der Waals surface area contributed by atoms with Gasteiger partial charge in [0, 0.05) is 11.3 Å². The normalized spacial score (nSPS) is 9.93. The lowest BCUT2D eigenvalue weighted by molar-refractivity contribution is 0.313. The molecule has 1 rings (SSSR count). The molecule has 0 radical (unpaired) electrons. The molecule has 0 atom stereocenters. The van der Waals surface area contributed by atoms with Gasteiger partial charge in [0.15, 0.2) is 0 Å². The topological polar surface area (TPSA) is 59.1 Å². The van der Waals surface area contributed by atoms with Gasteiger partial charge in [-0.1, -0.05) is 0 Å². The SMILES string of the molecule is CSc1ccc(OCCCC(=N)N)cc1. The minimum absolute atomic E-state index is 0.219. The standard InChI is InChI=1S/C11H16N2OS/c1-15-10-6-4-9(5-7-10)14-8-2-3-11(12)13/h4-7H,2-3,8H2,1H3,(H3,12,13). The number of amidine groups is 1. The van der Waals surface area contributed by atoms with Crippen molar-refractivity contribution >= 4 is 17.6 Å². The minimum atomic E-state index is 0.219. The van der Waals surface area contributed by atoms with Gasteiger partial charge in [0.05, 0.1) is 12.4 Å². The molecule has 0 unspecified atom stereocenters. The highest BCUT2D eigenvalue weighted by molar-refractivity contribution is 7.98. The van der Waals surface area contributed by atoms with Crippen molar-refractivity contribution in [2.45, 2.75) is 17.7 Å². The molecule has 82 valence electrons. The monoisotopic (exact) mass is 224 g/mol. The zero-order valence-corrected chi connectivity index (χ0v) is 9.64. The van der Waals surface area contributed by atoms with Crippen molar-refractivity contribution in [1.82, 2.24) is 0 Å². The van der Waals surface area contributed by atoms with Gasteiger partial charge in [0.2, 0.25) is 0 Å². The zero-order valence-electron chi connectivity index (χ0n) is 8.82. The average molecular weight is 224 g/mol. The Morgan fingerprint density at radius 2 is 2.07 bits per heavy atom. The van der Waals surface area contributed by atoms with Crippen LogP contribution in [0.25, 0.3) is 0 Å². The fourth-order valence-corrected chi connectivity index (χ4v) is 1.53. The van der Waals surface area contributed by atoms with E-state index >= 15 is 0 Å². The molecule has 0 heterocycles. The van der Waals surface area contributed by atoms with Crippen LogP contribution < -0.4 is 10.5 Å². The second-order valence-corrected chi connectivity index (χ2v) is 4.03. The van der Waals surface area contributed by atoms with Crippen molar-refractivity contribution < 1.29 is 4.74 Å². The van der Waals surface area contributed by atoms with Crippen LogP contribution in [0.3, 0.4) is 0 Å². The number of nitrogens with one attached hydrogen (secondary N) is 1. The lowest BCUT2D eigenvalue weighted by Crippen LogP contribution is -2.10. The van der Waals surface area contributed by atoms with Crippen molar-refractivity contribution in [2.24, 2.45) is 5.73 Å². The summed E-state index contributed by atoms with van der Waals surface area (Å²) in [6, 6.07) is 7.98. The summed E-state index contributed by atoms with van der Waals surface area (Å²) in [6.45, 7) is 0.609. The molecule has 3 N–H and O–H groups in total. The lowest BCUT2D eigenvalue weighted by Gasteiger charge is -2.05. The van der Waals surface area contributed by atoms with Gasteiger partial charge in [-0.2, -0.15) is 0 Å². The summed E-state index contributed by atoms with van der Waals surface area (Å²) in [5.41, 5.74) is 5.23. The van der Waals surface area contributed by atoms with Crippen molar-refractivity contribution in [3.8, 4) is 5.75 Å². The molecule has 0 aliphatic rings. The van der Waals surface area contributed by atoms with Gasteiger partial charge < -0.3 is 10.5 Å². The highest BCUT2D eigenvalue weighted by atomic mass is 32.2. The van der Waals surface area contributed by atoms with Crippen molar-refractivity contribution in [3.63, 3.8) is 0 Å². The largest absolute Gasteiger partial charge is 0.494 e. The Kier molecular flexibility index (Phi) is 5.04. The predicted molar refractivity (Wildman–Crippen MR) is 64.9 cm³/mol. The van der Waals surface area contributed by atoms with Gasteiger partial charge in [0.1, 0.15) is 5.75 Å². The van der Waals surface area contributed by atoms with Crippen LogP contribution in [0.2, 0.25) is 0 Å². The summed E-state index contributed by atoms with van der Waals surface area (Å²) in [6.07, 6.45) is 3.44. The molecular formula is C11H16N2OS. The third-order valence-corrected chi connectivity index (χ3v) is 2.66. The van der Waals surface area contributed by atoms with E-state index in [9.17, 15) is 0 Å². The number of hydrogen-bond acceptors (Lipinski definition) is 3. The molecule has 0 saturated carbocycles. The first-order chi connectivity index (χ1) is 7.22. The van der Waals surface area contributed by atoms with Gasteiger partial charge in [-0.3, -0.25) is 5.41 Å². The summed E-state index contributed by atoms with van der Waals surface area (Å²) < 4.78 is 5.49. The fraction of sp³-hybridized carbons (Fsp3) is 0.364. The molecule has 3 nitrogen and oxygen atoms in total. The van der Waals surface area contributed by atoms with Crippen LogP contribution in [0.15, 0.2) is 29.2 Å². The molecular weight excluding hydrogens is 208 g/mol. The maximum absolute atomic E-state index is 7.05. The molecule has 0 aliphatic carbocycles.